The molecule has 7 saturated carbocycles. The maximum atomic E-state index is 15.4. The first kappa shape index (κ1) is 42.7. The van der Waals surface area contributed by atoms with E-state index in [-0.39, 0.29) is 47.2 Å². The number of fused-ring (bicyclic) bond motifs is 3. The minimum absolute atomic E-state index is 0.0131. The summed E-state index contributed by atoms with van der Waals surface area (Å²) < 4.78 is 6.70. The van der Waals surface area contributed by atoms with Crippen LogP contribution in [-0.4, -0.2) is 57.9 Å². The SMILES string of the molecule is CC(C)[C@H]1CC[C@H](C)C[C@@H]1OC(=O)N(C[C@@H]1CC[C@H]2C[C@@H]1C2(C)C)C[C@]1(O)CC[C@H]2[C@]34C=C[C@@]5(C=C3C(=O)c3ccc(-c6ccccc6)cc3)CC(O)CC[C@]5(C)[C@H]4CC[C@@]21C. The zero-order valence-corrected chi connectivity index (χ0v) is 38.9. The molecule has 2 spiro atoms. The zero-order valence-electron chi connectivity index (χ0n) is 38.9. The van der Waals surface area contributed by atoms with Gasteiger partial charge in [-0.1, -0.05) is 128 Å². The number of rotatable bonds is 9. The Labute approximate surface area is 372 Å². The van der Waals surface area contributed by atoms with E-state index >= 15 is 4.79 Å². The van der Waals surface area contributed by atoms with Gasteiger partial charge in [-0.25, -0.2) is 4.79 Å². The van der Waals surface area contributed by atoms with Gasteiger partial charge in [0, 0.05) is 33.9 Å². The van der Waals surface area contributed by atoms with E-state index in [4.69, 9.17) is 4.74 Å². The Hall–Kier alpha value is -3.22. The Kier molecular flexibility index (Phi) is 10.3. The van der Waals surface area contributed by atoms with Crippen molar-refractivity contribution in [1.82, 2.24) is 4.90 Å². The fourth-order valence-electron chi connectivity index (χ4n) is 16.6. The van der Waals surface area contributed by atoms with Gasteiger partial charge in [0.15, 0.2) is 5.78 Å². The first-order valence-corrected chi connectivity index (χ1v) is 24.9. The highest BCUT2D eigenvalue weighted by Gasteiger charge is 2.74. The van der Waals surface area contributed by atoms with Crippen LogP contribution in [0.5, 0.6) is 0 Å². The normalized spacial score (nSPS) is 43.5. The monoisotopic (exact) mass is 842 g/mol. The summed E-state index contributed by atoms with van der Waals surface area (Å²) in [6.45, 7) is 17.4. The molecule has 6 nitrogen and oxygen atoms in total. The number of aliphatic hydroxyl groups is 2. The van der Waals surface area contributed by atoms with Crippen LogP contribution in [0.15, 0.2) is 78.4 Å². The third kappa shape index (κ3) is 6.20. The maximum Gasteiger partial charge on any atom is 0.410 e. The van der Waals surface area contributed by atoms with Crippen molar-refractivity contribution in [3.8, 4) is 11.1 Å². The van der Waals surface area contributed by atoms with Gasteiger partial charge in [0.2, 0.25) is 0 Å². The average molecular weight is 842 g/mol. The molecular formula is C56H75NO5. The van der Waals surface area contributed by atoms with Crippen LogP contribution in [0.4, 0.5) is 4.79 Å². The van der Waals surface area contributed by atoms with Gasteiger partial charge in [0.1, 0.15) is 6.10 Å². The number of carbonyl (C=O) groups excluding carboxylic acids is 2. The molecule has 0 radical (unpaired) electrons. The van der Waals surface area contributed by atoms with Crippen molar-refractivity contribution < 1.29 is 24.5 Å². The first-order chi connectivity index (χ1) is 29.4. The van der Waals surface area contributed by atoms with E-state index in [0.717, 1.165) is 74.0 Å². The fraction of sp³-hybridized carbons (Fsp3) is 0.679. The summed E-state index contributed by atoms with van der Waals surface area (Å²) in [6, 6.07) is 18.5. The molecule has 14 atom stereocenters. The average Bonchev–Trinajstić information content (AvgIpc) is 3.52. The molecule has 0 aromatic heterocycles. The first-order valence-electron chi connectivity index (χ1n) is 24.9. The van der Waals surface area contributed by atoms with Gasteiger partial charge in [0.05, 0.1) is 18.2 Å². The van der Waals surface area contributed by atoms with E-state index in [9.17, 15) is 15.0 Å². The highest BCUT2D eigenvalue weighted by atomic mass is 16.6. The highest BCUT2D eigenvalue weighted by Crippen LogP contribution is 2.78. The Morgan fingerprint density at radius 2 is 1.50 bits per heavy atom. The molecule has 4 bridgehead atoms. The quantitative estimate of drug-likeness (QED) is 0.194. The molecule has 62 heavy (non-hydrogen) atoms. The molecule has 1 unspecified atom stereocenters. The molecule has 2 aromatic carbocycles. The van der Waals surface area contributed by atoms with Gasteiger partial charge in [0.25, 0.3) is 0 Å². The lowest BCUT2D eigenvalue weighted by atomic mass is 9.32. The van der Waals surface area contributed by atoms with E-state index in [1.165, 1.54) is 19.3 Å². The van der Waals surface area contributed by atoms with Gasteiger partial charge in [-0.15, -0.1) is 0 Å². The van der Waals surface area contributed by atoms with Crippen molar-refractivity contribution in [2.75, 3.05) is 13.1 Å². The predicted molar refractivity (Wildman–Crippen MR) is 246 cm³/mol. The van der Waals surface area contributed by atoms with Gasteiger partial charge in [-0.2, -0.15) is 0 Å². The van der Waals surface area contributed by atoms with Crippen molar-refractivity contribution in [3.63, 3.8) is 0 Å². The Bertz CT molecular complexity index is 2120. The van der Waals surface area contributed by atoms with Crippen molar-refractivity contribution in [1.29, 1.82) is 0 Å². The van der Waals surface area contributed by atoms with Crippen molar-refractivity contribution >= 4 is 11.9 Å². The lowest BCUT2D eigenvalue weighted by molar-refractivity contribution is -0.177. The molecule has 2 N–H and O–H groups in total. The van der Waals surface area contributed by atoms with E-state index in [2.05, 4.69) is 91.0 Å². The summed E-state index contributed by atoms with van der Waals surface area (Å²) in [4.78, 5) is 32.3. The van der Waals surface area contributed by atoms with Crippen LogP contribution in [0.1, 0.15) is 142 Å². The summed E-state index contributed by atoms with van der Waals surface area (Å²) in [5, 5.41) is 24.8. The second kappa shape index (κ2) is 14.9. The number of amides is 1. The molecule has 0 aliphatic heterocycles. The maximum absolute atomic E-state index is 15.4. The molecule has 1 amide bonds. The van der Waals surface area contributed by atoms with E-state index < -0.39 is 27.9 Å². The van der Waals surface area contributed by atoms with E-state index in [1.54, 1.807) is 0 Å². The van der Waals surface area contributed by atoms with Crippen LogP contribution in [0.3, 0.4) is 0 Å². The molecule has 2 aromatic rings. The van der Waals surface area contributed by atoms with Crippen molar-refractivity contribution in [2.45, 2.75) is 150 Å². The van der Waals surface area contributed by atoms with Crippen LogP contribution in [0.25, 0.3) is 11.1 Å². The van der Waals surface area contributed by atoms with Crippen LogP contribution in [-0.2, 0) is 4.74 Å². The van der Waals surface area contributed by atoms with Crippen LogP contribution >= 0.6 is 0 Å². The molecule has 7 fully saturated rings. The van der Waals surface area contributed by atoms with Gasteiger partial charge < -0.3 is 19.8 Å². The number of Topliss-reactive ketones (excluding diaryl/α,β-unsaturated/α-hetero) is 1. The Morgan fingerprint density at radius 3 is 2.21 bits per heavy atom. The largest absolute Gasteiger partial charge is 0.446 e. The van der Waals surface area contributed by atoms with Crippen LogP contribution in [0, 0.1) is 74.4 Å². The molecule has 0 heterocycles. The predicted octanol–water partition coefficient (Wildman–Crippen LogP) is 12.1. The number of hydrogen-bond donors (Lipinski definition) is 2. The third-order valence-electron chi connectivity index (χ3n) is 20.6. The Balaban J connectivity index is 1.00. The standard InChI is InChI=1S/C56H75NO5/c1-35(2)43-20-13-36(3)29-46(43)62-50(60)57(33-40-18-19-41-30-44(40)51(41,4)5)34-55(61)26-23-48-53(55,7)25-22-47-52(6)24-21-42(58)31-54(52)27-28-56(47,48)45(32-54)49(59)39-16-14-38(15-17-39)37-11-9-8-10-12-37/h8-12,14-17,27-28,32,35-36,40-44,46-48,58,61H,13,18-26,29-31,33-34H2,1-7H3/t36-,40-,41-,42?,43+,44-,46-,47+,48+,52+,53-,54-,55+,56+/m0/s1. The minimum atomic E-state index is -1.14. The number of aliphatic hydroxyl groups excluding tert-OH is 1. The van der Waals surface area contributed by atoms with Crippen LogP contribution < -0.4 is 0 Å². The minimum Gasteiger partial charge on any atom is -0.446 e. The third-order valence-corrected chi connectivity index (χ3v) is 20.6. The van der Waals surface area contributed by atoms with Gasteiger partial charge >= 0.3 is 6.09 Å². The van der Waals surface area contributed by atoms with Crippen molar-refractivity contribution in [3.05, 3.63) is 84.0 Å². The van der Waals surface area contributed by atoms with Gasteiger partial charge in [-0.05, 0) is 146 Å². The number of ketones is 1. The number of allylic oxidation sites excluding steroid dienone is 4. The summed E-state index contributed by atoms with van der Waals surface area (Å²) >= 11 is 0. The molecule has 10 aliphatic rings. The van der Waals surface area contributed by atoms with Crippen LogP contribution in [0.2, 0.25) is 0 Å². The molecule has 6 heteroatoms. The number of ether oxygens (including phenoxy) is 1. The highest BCUT2D eigenvalue weighted by molar-refractivity contribution is 6.10. The molecule has 10 aliphatic carbocycles. The van der Waals surface area contributed by atoms with E-state index in [1.807, 2.05) is 35.2 Å². The smallest absolute Gasteiger partial charge is 0.410 e. The number of carbonyl (C=O) groups is 2. The number of benzene rings is 2. The Morgan fingerprint density at radius 1 is 0.806 bits per heavy atom. The number of hydrogen-bond acceptors (Lipinski definition) is 5. The summed E-state index contributed by atoms with van der Waals surface area (Å²) in [7, 11) is 0. The lowest BCUT2D eigenvalue weighted by Crippen LogP contribution is -2.67. The number of nitrogens with zero attached hydrogens (tertiary/aromatic N) is 1. The lowest BCUT2D eigenvalue weighted by Gasteiger charge is -2.71. The summed E-state index contributed by atoms with van der Waals surface area (Å²) in [6.07, 6.45) is 18.6. The van der Waals surface area contributed by atoms with Crippen molar-refractivity contribution in [2.24, 2.45) is 74.4 Å². The topological polar surface area (TPSA) is 87.1 Å². The van der Waals surface area contributed by atoms with E-state index in [0.29, 0.717) is 54.5 Å². The second-order valence-electron chi connectivity index (χ2n) is 23.9. The zero-order chi connectivity index (χ0) is 43.6. The van der Waals surface area contributed by atoms with Gasteiger partial charge in [-0.3, -0.25) is 4.79 Å². The molecular weight excluding hydrogens is 767 g/mol. The second-order valence-corrected chi connectivity index (χ2v) is 23.9. The summed E-state index contributed by atoms with van der Waals surface area (Å²) in [5.74, 6) is 3.35. The fourth-order valence-corrected chi connectivity index (χ4v) is 16.6. The molecule has 12 rings (SSSR count). The molecule has 0 saturated heterocycles. The molecule has 334 valence electrons. The summed E-state index contributed by atoms with van der Waals surface area (Å²) in [5.41, 5.74) is 1.30.